The van der Waals surface area contributed by atoms with Gasteiger partial charge in [-0.3, -0.25) is 4.79 Å². The SMILES string of the molecule is COP(c1cccc(C(C)(C)C)c1)c1c(C(N)=O)[nH]c2ccc(C)cc12. The average molecular weight is 368 g/mol. The van der Waals surface area contributed by atoms with Gasteiger partial charge in [0.25, 0.3) is 5.91 Å². The fourth-order valence-electron chi connectivity index (χ4n) is 3.11. The van der Waals surface area contributed by atoms with Gasteiger partial charge in [0.15, 0.2) is 0 Å². The number of nitrogens with two attached hydrogens (primary N) is 1. The lowest BCUT2D eigenvalue weighted by atomic mass is 9.87. The normalized spacial score (nSPS) is 13.1. The van der Waals surface area contributed by atoms with Crippen LogP contribution in [0, 0.1) is 6.92 Å². The van der Waals surface area contributed by atoms with Crippen molar-refractivity contribution >= 4 is 35.6 Å². The Labute approximate surface area is 155 Å². The van der Waals surface area contributed by atoms with Crippen LogP contribution in [0.4, 0.5) is 0 Å². The minimum atomic E-state index is -1.17. The molecule has 1 amide bonds. The van der Waals surface area contributed by atoms with Crippen LogP contribution in [0.25, 0.3) is 10.9 Å². The molecule has 0 aliphatic carbocycles. The Balaban J connectivity index is 2.24. The number of fused-ring (bicyclic) bond motifs is 1. The average Bonchev–Trinajstić information content (AvgIpc) is 2.94. The zero-order valence-electron chi connectivity index (χ0n) is 15.9. The van der Waals surface area contributed by atoms with Crippen LogP contribution >= 0.6 is 8.15 Å². The van der Waals surface area contributed by atoms with Gasteiger partial charge in [-0.1, -0.05) is 50.6 Å². The molecule has 5 heteroatoms. The second-order valence-corrected chi connectivity index (χ2v) is 9.46. The van der Waals surface area contributed by atoms with E-state index >= 15 is 0 Å². The van der Waals surface area contributed by atoms with Gasteiger partial charge in [-0.2, -0.15) is 0 Å². The molecule has 136 valence electrons. The molecule has 0 aliphatic rings. The van der Waals surface area contributed by atoms with Gasteiger partial charge in [-0.25, -0.2) is 0 Å². The molecule has 0 bridgehead atoms. The fourth-order valence-corrected chi connectivity index (χ4v) is 5.01. The number of rotatable bonds is 4. The third kappa shape index (κ3) is 3.40. The summed E-state index contributed by atoms with van der Waals surface area (Å²) in [5.74, 6) is -0.467. The molecule has 3 rings (SSSR count). The molecule has 0 spiro atoms. The summed E-state index contributed by atoms with van der Waals surface area (Å²) in [7, 11) is 0.517. The Morgan fingerprint density at radius 3 is 2.50 bits per heavy atom. The van der Waals surface area contributed by atoms with E-state index in [-0.39, 0.29) is 5.41 Å². The standard InChI is InChI=1S/C21H25N2O2P/c1-13-9-10-17-16(11-13)19(18(23-17)20(22)24)26(25-5)15-8-6-7-14(12-15)21(2,3)4/h6-12,23H,1-5H3,(H2,22,24). The number of H-pyrrole nitrogens is 1. The first-order chi connectivity index (χ1) is 12.2. The van der Waals surface area contributed by atoms with E-state index in [1.165, 1.54) is 5.56 Å². The molecule has 26 heavy (non-hydrogen) atoms. The van der Waals surface area contributed by atoms with E-state index < -0.39 is 14.1 Å². The monoisotopic (exact) mass is 368 g/mol. The molecule has 1 heterocycles. The first kappa shape index (κ1) is 18.6. The van der Waals surface area contributed by atoms with E-state index in [4.69, 9.17) is 10.3 Å². The largest absolute Gasteiger partial charge is 0.364 e. The summed E-state index contributed by atoms with van der Waals surface area (Å²) < 4.78 is 5.92. The van der Waals surface area contributed by atoms with E-state index in [1.807, 2.05) is 25.1 Å². The van der Waals surface area contributed by atoms with Crippen molar-refractivity contribution in [3.8, 4) is 0 Å². The maximum Gasteiger partial charge on any atom is 0.265 e. The van der Waals surface area contributed by atoms with Gasteiger partial charge >= 0.3 is 0 Å². The topological polar surface area (TPSA) is 68.1 Å². The Bertz CT molecular complexity index is 970. The van der Waals surface area contributed by atoms with Gasteiger partial charge in [0.05, 0.1) is 8.15 Å². The summed E-state index contributed by atoms with van der Waals surface area (Å²) in [6, 6.07) is 14.5. The molecule has 3 aromatic rings. The molecule has 0 saturated carbocycles. The van der Waals surface area contributed by atoms with Gasteiger partial charge in [-0.05, 0) is 36.1 Å². The number of hydrogen-bond acceptors (Lipinski definition) is 2. The van der Waals surface area contributed by atoms with Crippen molar-refractivity contribution in [3.63, 3.8) is 0 Å². The molecular formula is C21H25N2O2P. The van der Waals surface area contributed by atoms with Crippen molar-refractivity contribution in [1.29, 1.82) is 0 Å². The van der Waals surface area contributed by atoms with Crippen LogP contribution < -0.4 is 16.3 Å². The van der Waals surface area contributed by atoms with E-state index in [2.05, 4.69) is 50.0 Å². The predicted octanol–water partition coefficient (Wildman–Crippen LogP) is 3.87. The molecular weight excluding hydrogens is 343 g/mol. The number of aryl methyl sites for hydroxylation is 1. The Morgan fingerprint density at radius 1 is 1.15 bits per heavy atom. The van der Waals surface area contributed by atoms with Crippen LogP contribution in [0.5, 0.6) is 0 Å². The second kappa shape index (κ2) is 6.86. The minimum absolute atomic E-state index is 0.0358. The number of hydrogen-bond donors (Lipinski definition) is 2. The highest BCUT2D eigenvalue weighted by atomic mass is 31.1. The third-order valence-electron chi connectivity index (χ3n) is 4.51. The summed E-state index contributed by atoms with van der Waals surface area (Å²) in [6.07, 6.45) is 0. The zero-order chi connectivity index (χ0) is 19.1. The van der Waals surface area contributed by atoms with E-state index in [9.17, 15) is 4.79 Å². The lowest BCUT2D eigenvalue weighted by Gasteiger charge is -2.22. The Morgan fingerprint density at radius 2 is 1.88 bits per heavy atom. The minimum Gasteiger partial charge on any atom is -0.364 e. The maximum atomic E-state index is 12.1. The number of benzene rings is 2. The molecule has 3 N–H and O–H groups in total. The number of primary amides is 1. The van der Waals surface area contributed by atoms with Gasteiger partial charge in [0, 0.05) is 28.6 Å². The van der Waals surface area contributed by atoms with Crippen molar-refractivity contribution in [3.05, 3.63) is 59.3 Å². The molecule has 1 aromatic heterocycles. The van der Waals surface area contributed by atoms with Crippen LogP contribution in [-0.2, 0) is 9.94 Å². The third-order valence-corrected chi connectivity index (χ3v) is 6.49. The lowest BCUT2D eigenvalue weighted by molar-refractivity contribution is 0.0997. The van der Waals surface area contributed by atoms with Crippen LogP contribution in [0.3, 0.4) is 0 Å². The highest BCUT2D eigenvalue weighted by molar-refractivity contribution is 7.69. The number of carbonyl (C=O) groups is 1. The smallest absolute Gasteiger partial charge is 0.265 e. The number of amides is 1. The van der Waals surface area contributed by atoms with Crippen LogP contribution in [0.2, 0.25) is 0 Å². The molecule has 2 aromatic carbocycles. The molecule has 4 nitrogen and oxygen atoms in total. The number of aromatic nitrogens is 1. The predicted molar refractivity (Wildman–Crippen MR) is 110 cm³/mol. The number of aromatic amines is 1. The second-order valence-electron chi connectivity index (χ2n) is 7.54. The van der Waals surface area contributed by atoms with Crippen LogP contribution in [0.1, 0.15) is 42.4 Å². The highest BCUT2D eigenvalue weighted by Crippen LogP contribution is 2.39. The number of carbonyl (C=O) groups excluding carboxylic acids is 1. The van der Waals surface area contributed by atoms with Gasteiger partial charge < -0.3 is 15.2 Å². The molecule has 1 unspecified atom stereocenters. The summed E-state index contributed by atoms with van der Waals surface area (Å²) in [4.78, 5) is 15.3. The van der Waals surface area contributed by atoms with E-state index in [1.54, 1.807) is 7.11 Å². The molecule has 1 atom stereocenters. The van der Waals surface area contributed by atoms with Crippen LogP contribution in [-0.4, -0.2) is 18.0 Å². The molecule has 0 radical (unpaired) electrons. The van der Waals surface area contributed by atoms with Crippen molar-refractivity contribution in [2.75, 3.05) is 7.11 Å². The maximum absolute atomic E-state index is 12.1. The molecule has 0 aliphatic heterocycles. The van der Waals surface area contributed by atoms with Gasteiger partial charge in [0.1, 0.15) is 5.69 Å². The summed E-state index contributed by atoms with van der Waals surface area (Å²) >= 11 is 0. The first-order valence-electron chi connectivity index (χ1n) is 8.59. The quantitative estimate of drug-likeness (QED) is 0.687. The Kier molecular flexibility index (Phi) is 4.92. The Hall–Kier alpha value is -2.16. The van der Waals surface area contributed by atoms with Crippen molar-refractivity contribution in [2.24, 2.45) is 5.73 Å². The summed E-state index contributed by atoms with van der Waals surface area (Å²) in [5, 5.41) is 2.92. The van der Waals surface area contributed by atoms with Crippen molar-refractivity contribution < 1.29 is 9.32 Å². The van der Waals surface area contributed by atoms with E-state index in [0.29, 0.717) is 5.69 Å². The zero-order valence-corrected chi connectivity index (χ0v) is 16.8. The van der Waals surface area contributed by atoms with Crippen LogP contribution in [0.15, 0.2) is 42.5 Å². The molecule has 0 fully saturated rings. The fraction of sp³-hybridized carbons (Fsp3) is 0.286. The first-order valence-corrected chi connectivity index (χ1v) is 9.85. The number of nitrogens with one attached hydrogen (secondary N) is 1. The van der Waals surface area contributed by atoms with Gasteiger partial charge in [-0.15, -0.1) is 0 Å². The van der Waals surface area contributed by atoms with Crippen molar-refractivity contribution in [1.82, 2.24) is 4.98 Å². The lowest BCUT2D eigenvalue weighted by Crippen LogP contribution is -2.24. The summed E-state index contributed by atoms with van der Waals surface area (Å²) in [5.41, 5.74) is 9.40. The van der Waals surface area contributed by atoms with Crippen molar-refractivity contribution in [2.45, 2.75) is 33.1 Å². The summed E-state index contributed by atoms with van der Waals surface area (Å²) in [6.45, 7) is 8.59. The van der Waals surface area contributed by atoms with E-state index in [0.717, 1.165) is 27.1 Å². The highest BCUT2D eigenvalue weighted by Gasteiger charge is 2.26. The molecule has 0 saturated heterocycles. The van der Waals surface area contributed by atoms with Gasteiger partial charge in [0.2, 0.25) is 0 Å².